The first kappa shape index (κ1) is 12.7. The molecule has 2 rings (SSSR count). The van der Waals surface area contributed by atoms with E-state index in [2.05, 4.69) is 44.8 Å². The minimum Gasteiger partial charge on any atom is -0.496 e. The van der Waals surface area contributed by atoms with Gasteiger partial charge >= 0.3 is 0 Å². The van der Waals surface area contributed by atoms with Gasteiger partial charge in [-0.1, -0.05) is 33.6 Å². The summed E-state index contributed by atoms with van der Waals surface area (Å²) in [4.78, 5) is 0.0467. The zero-order valence-electron chi connectivity index (χ0n) is 9.54. The molecule has 0 aliphatic carbocycles. The van der Waals surface area contributed by atoms with Crippen LogP contribution in [0.5, 0.6) is 5.75 Å². The molecule has 0 saturated carbocycles. The maximum Gasteiger partial charge on any atom is 0.173 e. The molecule has 0 spiro atoms. The summed E-state index contributed by atoms with van der Waals surface area (Å²) >= 11 is 7.07. The van der Waals surface area contributed by atoms with E-state index in [1.807, 2.05) is 18.2 Å². The highest BCUT2D eigenvalue weighted by Crippen LogP contribution is 2.40. The van der Waals surface area contributed by atoms with E-state index in [4.69, 9.17) is 9.15 Å². The fourth-order valence-corrected chi connectivity index (χ4v) is 3.20. The first-order valence-electron chi connectivity index (χ1n) is 5.15. The van der Waals surface area contributed by atoms with E-state index >= 15 is 0 Å². The van der Waals surface area contributed by atoms with Crippen LogP contribution in [0.15, 0.2) is 39.6 Å². The molecule has 0 saturated heterocycles. The minimum atomic E-state index is 0.0467. The van der Waals surface area contributed by atoms with Crippen LogP contribution in [0.1, 0.15) is 21.5 Å². The maximum atomic E-state index is 5.38. The molecule has 2 aromatic rings. The van der Waals surface area contributed by atoms with Gasteiger partial charge in [-0.3, -0.25) is 0 Å². The van der Waals surface area contributed by atoms with Crippen molar-refractivity contribution in [2.24, 2.45) is 0 Å². The molecule has 90 valence electrons. The van der Waals surface area contributed by atoms with E-state index in [1.54, 1.807) is 13.4 Å². The molecule has 1 heterocycles. The van der Waals surface area contributed by atoms with Gasteiger partial charge in [-0.2, -0.15) is 0 Å². The van der Waals surface area contributed by atoms with Crippen LogP contribution in [-0.4, -0.2) is 7.11 Å². The Labute approximate surface area is 117 Å². The number of alkyl halides is 1. The Morgan fingerprint density at radius 3 is 2.59 bits per heavy atom. The third-order valence-electron chi connectivity index (χ3n) is 2.58. The van der Waals surface area contributed by atoms with Crippen molar-refractivity contribution < 1.29 is 9.15 Å². The number of hydrogen-bond donors (Lipinski definition) is 0. The lowest BCUT2D eigenvalue weighted by Crippen LogP contribution is -1.97. The van der Waals surface area contributed by atoms with Crippen LogP contribution in [0.3, 0.4) is 0 Å². The van der Waals surface area contributed by atoms with E-state index in [0.29, 0.717) is 0 Å². The SMILES string of the molecule is COc1ccc(C)cc1C(Br)c1ccoc1Br. The van der Waals surface area contributed by atoms with Crippen LogP contribution in [0, 0.1) is 6.92 Å². The molecule has 1 unspecified atom stereocenters. The standard InChI is InChI=1S/C13H12Br2O2/c1-8-3-4-11(16-2)10(7-8)12(14)9-5-6-17-13(9)15/h3-7,12H,1-2H3. The van der Waals surface area contributed by atoms with Crippen molar-refractivity contribution >= 4 is 31.9 Å². The summed E-state index contributed by atoms with van der Waals surface area (Å²) < 4.78 is 11.4. The largest absolute Gasteiger partial charge is 0.496 e. The normalized spacial score (nSPS) is 12.5. The molecule has 0 amide bonds. The average molecular weight is 360 g/mol. The van der Waals surface area contributed by atoms with Gasteiger partial charge < -0.3 is 9.15 Å². The average Bonchev–Trinajstić information content (AvgIpc) is 2.74. The third-order valence-corrected chi connectivity index (χ3v) is 4.21. The van der Waals surface area contributed by atoms with Gasteiger partial charge in [0.15, 0.2) is 4.67 Å². The summed E-state index contributed by atoms with van der Waals surface area (Å²) in [5.74, 6) is 0.866. The molecule has 1 atom stereocenters. The van der Waals surface area contributed by atoms with Gasteiger partial charge in [-0.25, -0.2) is 0 Å². The molecule has 4 heteroatoms. The molecule has 17 heavy (non-hydrogen) atoms. The van der Waals surface area contributed by atoms with E-state index in [9.17, 15) is 0 Å². The fourth-order valence-electron chi connectivity index (χ4n) is 1.70. The van der Waals surface area contributed by atoms with Gasteiger partial charge in [0.25, 0.3) is 0 Å². The summed E-state index contributed by atoms with van der Waals surface area (Å²) in [5, 5.41) is 0. The number of ether oxygens (including phenoxy) is 1. The van der Waals surface area contributed by atoms with Gasteiger partial charge in [0.2, 0.25) is 0 Å². The second kappa shape index (κ2) is 5.27. The first-order chi connectivity index (χ1) is 8.13. The predicted octanol–water partition coefficient (Wildman–Crippen LogP) is 4.84. The molecule has 0 aliphatic heterocycles. The van der Waals surface area contributed by atoms with Gasteiger partial charge in [0.05, 0.1) is 18.2 Å². The Morgan fingerprint density at radius 2 is 2.00 bits per heavy atom. The van der Waals surface area contributed by atoms with Crippen LogP contribution < -0.4 is 4.74 Å². The summed E-state index contributed by atoms with van der Waals surface area (Å²) in [6.07, 6.45) is 1.66. The van der Waals surface area contributed by atoms with Crippen LogP contribution in [0.2, 0.25) is 0 Å². The summed E-state index contributed by atoms with van der Waals surface area (Å²) in [5.41, 5.74) is 3.34. The van der Waals surface area contributed by atoms with Crippen molar-refractivity contribution in [3.05, 3.63) is 51.9 Å². The highest BCUT2D eigenvalue weighted by atomic mass is 79.9. The molecule has 2 nitrogen and oxygen atoms in total. The molecular weight excluding hydrogens is 348 g/mol. The van der Waals surface area contributed by atoms with Crippen LogP contribution in [-0.2, 0) is 0 Å². The third kappa shape index (κ3) is 2.58. The van der Waals surface area contributed by atoms with Crippen molar-refractivity contribution in [1.82, 2.24) is 0 Å². The molecule has 0 bridgehead atoms. The number of rotatable bonds is 3. The van der Waals surface area contributed by atoms with Gasteiger partial charge in [0, 0.05) is 11.1 Å². The van der Waals surface area contributed by atoms with Crippen molar-refractivity contribution in [1.29, 1.82) is 0 Å². The summed E-state index contributed by atoms with van der Waals surface area (Å²) in [6, 6.07) is 8.06. The van der Waals surface area contributed by atoms with Crippen LogP contribution in [0.4, 0.5) is 0 Å². The molecular formula is C13H12Br2O2. The number of methoxy groups -OCH3 is 1. The second-order valence-electron chi connectivity index (χ2n) is 3.76. The lowest BCUT2D eigenvalue weighted by atomic mass is 10.0. The molecule has 0 N–H and O–H groups in total. The molecule has 0 radical (unpaired) electrons. The number of hydrogen-bond acceptors (Lipinski definition) is 2. The highest BCUT2D eigenvalue weighted by molar-refractivity contribution is 9.10. The topological polar surface area (TPSA) is 22.4 Å². The Balaban J connectivity index is 2.46. The Morgan fingerprint density at radius 1 is 1.24 bits per heavy atom. The molecule has 1 aromatic heterocycles. The Hall–Kier alpha value is -0.740. The van der Waals surface area contributed by atoms with Crippen molar-refractivity contribution in [3.63, 3.8) is 0 Å². The summed E-state index contributed by atoms with van der Waals surface area (Å²) in [6.45, 7) is 2.06. The number of aryl methyl sites for hydroxylation is 1. The minimum absolute atomic E-state index is 0.0467. The van der Waals surface area contributed by atoms with E-state index in [1.165, 1.54) is 5.56 Å². The lowest BCUT2D eigenvalue weighted by Gasteiger charge is -2.14. The van der Waals surface area contributed by atoms with E-state index in [0.717, 1.165) is 21.5 Å². The highest BCUT2D eigenvalue weighted by Gasteiger charge is 2.19. The Bertz CT molecular complexity index is 520. The molecule has 0 fully saturated rings. The predicted molar refractivity (Wildman–Crippen MR) is 74.9 cm³/mol. The lowest BCUT2D eigenvalue weighted by molar-refractivity contribution is 0.410. The fraction of sp³-hybridized carbons (Fsp3) is 0.231. The molecule has 0 aliphatic rings. The number of furan rings is 1. The second-order valence-corrected chi connectivity index (χ2v) is 5.39. The van der Waals surface area contributed by atoms with E-state index in [-0.39, 0.29) is 4.83 Å². The van der Waals surface area contributed by atoms with Crippen LogP contribution >= 0.6 is 31.9 Å². The van der Waals surface area contributed by atoms with E-state index < -0.39 is 0 Å². The van der Waals surface area contributed by atoms with Crippen molar-refractivity contribution in [2.45, 2.75) is 11.8 Å². The summed E-state index contributed by atoms with van der Waals surface area (Å²) in [7, 11) is 1.68. The number of benzene rings is 1. The zero-order valence-corrected chi connectivity index (χ0v) is 12.7. The van der Waals surface area contributed by atoms with Crippen molar-refractivity contribution in [2.75, 3.05) is 7.11 Å². The van der Waals surface area contributed by atoms with Gasteiger partial charge in [-0.05, 0) is 35.0 Å². The van der Waals surface area contributed by atoms with Crippen molar-refractivity contribution in [3.8, 4) is 5.75 Å². The van der Waals surface area contributed by atoms with Gasteiger partial charge in [-0.15, -0.1) is 0 Å². The first-order valence-corrected chi connectivity index (χ1v) is 6.86. The number of halogens is 2. The van der Waals surface area contributed by atoms with Crippen LogP contribution in [0.25, 0.3) is 0 Å². The van der Waals surface area contributed by atoms with Gasteiger partial charge in [0.1, 0.15) is 5.75 Å². The quantitative estimate of drug-likeness (QED) is 0.731. The molecule has 1 aromatic carbocycles. The Kier molecular flexibility index (Phi) is 3.94. The smallest absolute Gasteiger partial charge is 0.173 e. The zero-order chi connectivity index (χ0) is 12.4. The maximum absolute atomic E-state index is 5.38. The monoisotopic (exact) mass is 358 g/mol.